The van der Waals surface area contributed by atoms with Crippen molar-refractivity contribution in [3.05, 3.63) is 106 Å². The van der Waals surface area contributed by atoms with Gasteiger partial charge in [-0.3, -0.25) is 19.1 Å². The molecule has 0 fully saturated rings. The minimum Gasteiger partial charge on any atom is -0.364 e. The molecule has 0 spiro atoms. The van der Waals surface area contributed by atoms with Crippen molar-refractivity contribution < 1.29 is 13.2 Å². The molecule has 1 aliphatic carbocycles. The fourth-order valence-electron chi connectivity index (χ4n) is 5.25. The minimum atomic E-state index is -3.41. The summed E-state index contributed by atoms with van der Waals surface area (Å²) in [5.74, 6) is -0.650. The number of aromatic nitrogens is 3. The number of benzene rings is 3. The average Bonchev–Trinajstić information content (AvgIpc) is 3.27. The molecule has 0 unspecified atom stereocenters. The van der Waals surface area contributed by atoms with Crippen LogP contribution >= 0.6 is 0 Å². The Kier molecular flexibility index (Phi) is 5.29. The van der Waals surface area contributed by atoms with Crippen LogP contribution in [0, 0.1) is 6.92 Å². The predicted octanol–water partition coefficient (Wildman–Crippen LogP) is 3.83. The molecule has 9 heteroatoms. The Bertz CT molecular complexity index is 1990. The molecular weight excluding hydrogens is 500 g/mol. The third-order valence-corrected chi connectivity index (χ3v) is 8.19. The van der Waals surface area contributed by atoms with Crippen LogP contribution in [0.3, 0.4) is 0 Å². The summed E-state index contributed by atoms with van der Waals surface area (Å²) in [7, 11) is -3.41. The zero-order valence-corrected chi connectivity index (χ0v) is 21.4. The molecule has 2 heterocycles. The van der Waals surface area contributed by atoms with Crippen LogP contribution in [-0.4, -0.2) is 35.1 Å². The van der Waals surface area contributed by atoms with Crippen molar-refractivity contribution in [2.75, 3.05) is 6.26 Å². The third kappa shape index (κ3) is 3.62. The molecule has 0 aliphatic heterocycles. The van der Waals surface area contributed by atoms with Crippen LogP contribution in [-0.2, 0) is 16.3 Å². The molecule has 1 aliphatic rings. The Labute approximate surface area is 218 Å². The van der Waals surface area contributed by atoms with Gasteiger partial charge in [0.1, 0.15) is 12.0 Å². The number of nitrogens with zero attached hydrogens (tertiary/aromatic N) is 3. The summed E-state index contributed by atoms with van der Waals surface area (Å²) in [5.41, 5.74) is 12.4. The van der Waals surface area contributed by atoms with Gasteiger partial charge in [-0.25, -0.2) is 13.4 Å². The van der Waals surface area contributed by atoms with E-state index in [4.69, 9.17) is 5.73 Å². The van der Waals surface area contributed by atoms with E-state index < -0.39 is 15.7 Å². The number of hydrogen-bond donors (Lipinski definition) is 1. The van der Waals surface area contributed by atoms with E-state index in [0.29, 0.717) is 28.6 Å². The zero-order chi connectivity index (χ0) is 26.8. The van der Waals surface area contributed by atoms with Crippen LogP contribution in [0.25, 0.3) is 38.8 Å². The number of carbonyl (C=O) groups is 1. The summed E-state index contributed by atoms with van der Waals surface area (Å²) in [6.07, 6.45) is 4.64. The largest absolute Gasteiger partial charge is 0.364 e. The highest BCUT2D eigenvalue weighted by Gasteiger charge is 2.29. The monoisotopic (exact) mass is 522 g/mol. The van der Waals surface area contributed by atoms with Crippen LogP contribution in [0.2, 0.25) is 0 Å². The van der Waals surface area contributed by atoms with Gasteiger partial charge in [-0.2, -0.15) is 0 Å². The van der Waals surface area contributed by atoms with Gasteiger partial charge in [-0.15, -0.1) is 0 Å². The Balaban J connectivity index is 1.59. The van der Waals surface area contributed by atoms with Gasteiger partial charge in [-0.1, -0.05) is 30.3 Å². The quantitative estimate of drug-likeness (QED) is 0.375. The number of hydrogen-bond acceptors (Lipinski definition) is 6. The van der Waals surface area contributed by atoms with Crippen LogP contribution in [0.1, 0.15) is 27.2 Å². The Morgan fingerprint density at radius 1 is 0.974 bits per heavy atom. The predicted molar refractivity (Wildman–Crippen MR) is 145 cm³/mol. The van der Waals surface area contributed by atoms with Crippen LogP contribution < -0.4 is 11.3 Å². The van der Waals surface area contributed by atoms with Gasteiger partial charge in [0.25, 0.3) is 11.5 Å². The fourth-order valence-corrected chi connectivity index (χ4v) is 5.92. The second-order valence-electron chi connectivity index (χ2n) is 9.39. The van der Waals surface area contributed by atoms with Gasteiger partial charge in [0.2, 0.25) is 0 Å². The second-order valence-corrected chi connectivity index (χ2v) is 11.4. The minimum absolute atomic E-state index is 0.157. The molecule has 5 aromatic rings. The van der Waals surface area contributed by atoms with Crippen LogP contribution in [0.4, 0.5) is 0 Å². The number of primary amides is 1. The lowest BCUT2D eigenvalue weighted by molar-refractivity contribution is 0.0995. The molecule has 6 rings (SSSR count). The molecule has 0 saturated carbocycles. The maximum absolute atomic E-state index is 13.3. The van der Waals surface area contributed by atoms with E-state index in [1.807, 2.05) is 31.2 Å². The SMILES string of the molecule is Cc1c(-c2cnc(C(N)=O)c3c2-c2ccc(S(C)(=O)=O)cc2C3)cccc1-n1cnc2ccccc2c1=O. The van der Waals surface area contributed by atoms with Crippen molar-refractivity contribution in [2.45, 2.75) is 18.2 Å². The molecule has 2 N–H and O–H groups in total. The highest BCUT2D eigenvalue weighted by molar-refractivity contribution is 7.90. The number of fused-ring (bicyclic) bond motifs is 4. The number of rotatable bonds is 4. The maximum atomic E-state index is 13.3. The number of carbonyl (C=O) groups excluding carboxylic acids is 1. The van der Waals surface area contributed by atoms with Gasteiger partial charge in [0.05, 0.1) is 21.5 Å². The normalized spacial score (nSPS) is 12.4. The second kappa shape index (κ2) is 8.46. The first-order valence-corrected chi connectivity index (χ1v) is 13.8. The molecule has 0 radical (unpaired) electrons. The van der Waals surface area contributed by atoms with Crippen molar-refractivity contribution in [2.24, 2.45) is 5.73 Å². The summed E-state index contributed by atoms with van der Waals surface area (Å²) < 4.78 is 25.9. The summed E-state index contributed by atoms with van der Waals surface area (Å²) in [4.78, 5) is 34.7. The third-order valence-electron chi connectivity index (χ3n) is 7.07. The summed E-state index contributed by atoms with van der Waals surface area (Å²) >= 11 is 0. The van der Waals surface area contributed by atoms with Gasteiger partial charge in [-0.05, 0) is 70.6 Å². The van der Waals surface area contributed by atoms with E-state index in [1.54, 1.807) is 42.6 Å². The molecule has 0 bridgehead atoms. The van der Waals surface area contributed by atoms with Crippen molar-refractivity contribution >= 4 is 26.6 Å². The van der Waals surface area contributed by atoms with Crippen molar-refractivity contribution in [1.29, 1.82) is 0 Å². The van der Waals surface area contributed by atoms with E-state index in [9.17, 15) is 18.0 Å². The molecule has 188 valence electrons. The lowest BCUT2D eigenvalue weighted by Gasteiger charge is -2.17. The summed E-state index contributed by atoms with van der Waals surface area (Å²) in [6.45, 7) is 1.92. The Morgan fingerprint density at radius 3 is 2.53 bits per heavy atom. The first-order valence-electron chi connectivity index (χ1n) is 11.9. The van der Waals surface area contributed by atoms with E-state index in [2.05, 4.69) is 9.97 Å². The highest BCUT2D eigenvalue weighted by Crippen LogP contribution is 2.45. The van der Waals surface area contributed by atoms with E-state index in [0.717, 1.165) is 39.6 Å². The smallest absolute Gasteiger partial charge is 0.267 e. The van der Waals surface area contributed by atoms with Crippen LogP contribution in [0.15, 0.2) is 82.9 Å². The molecule has 38 heavy (non-hydrogen) atoms. The van der Waals surface area contributed by atoms with E-state index in [1.165, 1.54) is 10.9 Å². The Morgan fingerprint density at radius 2 is 1.76 bits per heavy atom. The topological polar surface area (TPSA) is 125 Å². The first kappa shape index (κ1) is 23.7. The standard InChI is InChI=1S/C29H22N4O4S/c1-16-19(7-5-9-25(16)33-15-32-24-8-4-3-6-21(24)29(33)35)23-14-31-27(28(30)34)22-13-17-12-18(38(2,36)37)10-11-20(17)26(22)23/h3-12,14-15H,13H2,1-2H3,(H2,30,34). The molecule has 0 saturated heterocycles. The molecule has 8 nitrogen and oxygen atoms in total. The van der Waals surface area contributed by atoms with Crippen molar-refractivity contribution in [3.63, 3.8) is 0 Å². The Hall–Kier alpha value is -4.63. The first-order chi connectivity index (χ1) is 18.1. The van der Waals surface area contributed by atoms with Gasteiger partial charge in [0.15, 0.2) is 9.84 Å². The lowest BCUT2D eigenvalue weighted by atomic mass is 9.92. The number of amides is 1. The van der Waals surface area contributed by atoms with Crippen molar-refractivity contribution in [3.8, 4) is 27.9 Å². The van der Waals surface area contributed by atoms with E-state index in [-0.39, 0.29) is 16.1 Å². The maximum Gasteiger partial charge on any atom is 0.267 e. The zero-order valence-electron chi connectivity index (χ0n) is 20.6. The number of nitrogens with two attached hydrogens (primary N) is 1. The summed E-state index contributed by atoms with van der Waals surface area (Å²) in [6, 6.07) is 17.8. The van der Waals surface area contributed by atoms with Gasteiger partial charge >= 0.3 is 0 Å². The lowest BCUT2D eigenvalue weighted by Crippen LogP contribution is -2.19. The highest BCUT2D eigenvalue weighted by atomic mass is 32.2. The fraction of sp³-hybridized carbons (Fsp3) is 0.103. The molecule has 1 amide bonds. The molecule has 0 atom stereocenters. The van der Waals surface area contributed by atoms with Gasteiger partial charge < -0.3 is 5.73 Å². The molecule has 2 aromatic heterocycles. The van der Waals surface area contributed by atoms with Gasteiger partial charge in [0, 0.05) is 24.4 Å². The van der Waals surface area contributed by atoms with E-state index >= 15 is 0 Å². The van der Waals surface area contributed by atoms with Crippen molar-refractivity contribution in [1.82, 2.24) is 14.5 Å². The average molecular weight is 523 g/mol. The number of pyridine rings is 1. The molecule has 3 aromatic carbocycles. The number of para-hydroxylation sites is 1. The number of sulfone groups is 1. The molecular formula is C29H22N4O4S. The summed E-state index contributed by atoms with van der Waals surface area (Å²) in [5, 5.41) is 0.517. The van der Waals surface area contributed by atoms with Crippen LogP contribution in [0.5, 0.6) is 0 Å².